The number of alkyl halides is 6. The largest absolute Gasteiger partial charge is 0.508 e. The Balaban J connectivity index is 1.30. The molecule has 5 fully saturated rings. The van der Waals surface area contributed by atoms with Crippen LogP contribution in [0.1, 0.15) is 49.7 Å². The molecule has 2 aliphatic heterocycles. The van der Waals surface area contributed by atoms with Crippen molar-refractivity contribution in [3.8, 4) is 5.75 Å². The lowest BCUT2D eigenvalue weighted by Gasteiger charge is -2.66. The number of halogens is 6. The Bertz CT molecular complexity index is 1110. The van der Waals surface area contributed by atoms with E-state index in [9.17, 15) is 36.6 Å². The molecule has 0 radical (unpaired) electrons. The third-order valence-corrected chi connectivity index (χ3v) is 11.2. The normalized spacial score (nSPS) is 39.5. The second-order valence-corrected chi connectivity index (χ2v) is 12.8. The van der Waals surface area contributed by atoms with Crippen LogP contribution in [0.25, 0.3) is 0 Å². The first-order valence-corrected chi connectivity index (χ1v) is 13.5. The number of β-amino-alcohol motifs (C(OH)–C–C–N with tert-alkyl or cyclic N) is 1. The van der Waals surface area contributed by atoms with Gasteiger partial charge in [-0.1, -0.05) is 6.07 Å². The lowest BCUT2D eigenvalue weighted by atomic mass is 9.43. The van der Waals surface area contributed by atoms with Crippen molar-refractivity contribution in [3.05, 3.63) is 29.3 Å². The highest BCUT2D eigenvalue weighted by Gasteiger charge is 2.78. The van der Waals surface area contributed by atoms with E-state index >= 15 is 0 Å². The summed E-state index contributed by atoms with van der Waals surface area (Å²) in [7, 11) is 0. The third kappa shape index (κ3) is 3.03. The van der Waals surface area contributed by atoms with E-state index in [2.05, 4.69) is 4.90 Å². The first kappa shape index (κ1) is 24.5. The number of aromatic hydroxyl groups is 1. The van der Waals surface area contributed by atoms with Gasteiger partial charge in [-0.3, -0.25) is 9.80 Å². The fourth-order valence-corrected chi connectivity index (χ4v) is 9.87. The van der Waals surface area contributed by atoms with Crippen molar-refractivity contribution in [2.45, 2.75) is 80.4 Å². The average Bonchev–Trinajstić information content (AvgIpc) is 3.50. The van der Waals surface area contributed by atoms with Gasteiger partial charge < -0.3 is 10.2 Å². The van der Waals surface area contributed by atoms with Crippen LogP contribution in [0.5, 0.6) is 5.75 Å². The molecule has 2 unspecified atom stereocenters. The van der Waals surface area contributed by atoms with Crippen LogP contribution in [0, 0.1) is 23.2 Å². The molecule has 6 atom stereocenters. The molecule has 0 spiro atoms. The minimum Gasteiger partial charge on any atom is -0.508 e. The van der Waals surface area contributed by atoms with Crippen LogP contribution in [-0.4, -0.2) is 76.2 Å². The predicted molar refractivity (Wildman–Crippen MR) is 122 cm³/mol. The molecule has 2 N–H and O–H groups in total. The first-order valence-electron chi connectivity index (χ1n) is 13.5. The molecule has 2 heterocycles. The quantitative estimate of drug-likeness (QED) is 0.558. The van der Waals surface area contributed by atoms with E-state index in [4.69, 9.17) is 0 Å². The Morgan fingerprint density at radius 2 is 1.70 bits per heavy atom. The van der Waals surface area contributed by atoms with Gasteiger partial charge in [-0.15, -0.1) is 0 Å². The van der Waals surface area contributed by atoms with Gasteiger partial charge in [0.05, 0.1) is 0 Å². The van der Waals surface area contributed by atoms with Crippen molar-refractivity contribution in [2.75, 3.05) is 26.2 Å². The monoisotopic (exact) mass is 530 g/mol. The van der Waals surface area contributed by atoms with Gasteiger partial charge in [-0.05, 0) is 97.9 Å². The lowest BCUT2D eigenvalue weighted by Crippen LogP contribution is -2.70. The molecular weight excluding hydrogens is 498 g/mol. The maximum atomic E-state index is 13.6. The molecule has 4 aliphatic carbocycles. The summed E-state index contributed by atoms with van der Waals surface area (Å²) in [5, 5.41) is 20.5. The van der Waals surface area contributed by atoms with E-state index in [0.717, 1.165) is 55.8 Å². The highest BCUT2D eigenvalue weighted by Crippen LogP contribution is 2.75. The van der Waals surface area contributed by atoms with Gasteiger partial charge in [0, 0.05) is 37.1 Å². The second-order valence-electron chi connectivity index (χ2n) is 12.8. The Labute approximate surface area is 211 Å². The molecule has 4 nitrogen and oxygen atoms in total. The van der Waals surface area contributed by atoms with E-state index < -0.39 is 30.5 Å². The minimum atomic E-state index is -5.82. The van der Waals surface area contributed by atoms with Gasteiger partial charge in [-0.25, -0.2) is 0 Å². The van der Waals surface area contributed by atoms with Crippen molar-refractivity contribution in [1.29, 1.82) is 0 Å². The fraction of sp³-hybridized carbons (Fsp3) is 0.778. The predicted octanol–water partition coefficient (Wildman–Crippen LogP) is 4.63. The Hall–Kier alpha value is -1.52. The topological polar surface area (TPSA) is 46.9 Å². The van der Waals surface area contributed by atoms with Crippen LogP contribution in [0.15, 0.2) is 18.2 Å². The Kier molecular flexibility index (Phi) is 4.87. The van der Waals surface area contributed by atoms with Gasteiger partial charge in [0.1, 0.15) is 5.75 Å². The summed E-state index contributed by atoms with van der Waals surface area (Å²) in [6.45, 7) is 0.579. The van der Waals surface area contributed by atoms with Crippen LogP contribution in [0.4, 0.5) is 26.3 Å². The minimum absolute atomic E-state index is 0.0325. The number of likely N-dealkylation sites (tertiary alicyclic amines) is 2. The molecule has 10 heteroatoms. The van der Waals surface area contributed by atoms with E-state index in [1.807, 2.05) is 12.1 Å². The number of aliphatic hydroxyl groups is 1. The highest BCUT2D eigenvalue weighted by atomic mass is 19.4. The molecule has 6 aliphatic rings. The molecule has 37 heavy (non-hydrogen) atoms. The van der Waals surface area contributed by atoms with Gasteiger partial charge in [0.2, 0.25) is 0 Å². The zero-order chi connectivity index (χ0) is 26.2. The molecule has 4 bridgehead atoms. The number of benzene rings is 1. The van der Waals surface area contributed by atoms with E-state index in [-0.39, 0.29) is 35.0 Å². The van der Waals surface area contributed by atoms with Crippen LogP contribution >= 0.6 is 0 Å². The maximum absolute atomic E-state index is 13.6. The lowest BCUT2D eigenvalue weighted by molar-refractivity contribution is -0.371. The number of nitrogens with zero attached hydrogens (tertiary/aromatic N) is 2. The zero-order valence-corrected chi connectivity index (χ0v) is 20.5. The molecule has 7 rings (SSSR count). The van der Waals surface area contributed by atoms with Crippen LogP contribution in [0.3, 0.4) is 0 Å². The van der Waals surface area contributed by atoms with Gasteiger partial charge >= 0.3 is 12.4 Å². The number of rotatable bonds is 4. The number of fused-ring (bicyclic) bond motifs is 1. The van der Waals surface area contributed by atoms with Crippen LogP contribution in [0.2, 0.25) is 0 Å². The number of piperidine rings is 1. The molecule has 0 aromatic heterocycles. The summed E-state index contributed by atoms with van der Waals surface area (Å²) in [6.07, 6.45) is -5.40. The van der Waals surface area contributed by atoms with Crippen LogP contribution < -0.4 is 0 Å². The summed E-state index contributed by atoms with van der Waals surface area (Å²) in [6, 6.07) is 5.33. The molecule has 3 saturated carbocycles. The maximum Gasteiger partial charge on any atom is 0.427 e. The molecule has 2 saturated heterocycles. The smallest absolute Gasteiger partial charge is 0.427 e. The number of hydrogen-bond donors (Lipinski definition) is 2. The molecule has 1 aromatic carbocycles. The third-order valence-electron chi connectivity index (χ3n) is 11.2. The van der Waals surface area contributed by atoms with Crippen LogP contribution in [-0.2, 0) is 11.8 Å². The molecular formula is C27H32F6N2O2. The summed E-state index contributed by atoms with van der Waals surface area (Å²) in [5.74, 6) is 0.758. The Morgan fingerprint density at radius 1 is 0.973 bits per heavy atom. The van der Waals surface area contributed by atoms with Crippen molar-refractivity contribution >= 4 is 0 Å². The van der Waals surface area contributed by atoms with Crippen molar-refractivity contribution in [3.63, 3.8) is 0 Å². The number of phenolic OH excluding ortho intramolecular Hbond substituents is 1. The van der Waals surface area contributed by atoms with Crippen molar-refractivity contribution < 1.29 is 36.6 Å². The molecule has 204 valence electrons. The van der Waals surface area contributed by atoms with Gasteiger partial charge in [-0.2, -0.15) is 26.3 Å². The fourth-order valence-electron chi connectivity index (χ4n) is 9.87. The average molecular weight is 531 g/mol. The summed E-state index contributed by atoms with van der Waals surface area (Å²) < 4.78 is 81.7. The van der Waals surface area contributed by atoms with Crippen molar-refractivity contribution in [2.24, 2.45) is 23.2 Å². The number of hydrogen-bond acceptors (Lipinski definition) is 4. The summed E-state index contributed by atoms with van der Waals surface area (Å²) in [5.41, 5.74) is -3.00. The molecule has 0 amide bonds. The van der Waals surface area contributed by atoms with Crippen molar-refractivity contribution in [1.82, 2.24) is 9.80 Å². The summed E-state index contributed by atoms with van der Waals surface area (Å²) >= 11 is 0. The van der Waals surface area contributed by atoms with E-state index in [1.54, 1.807) is 6.07 Å². The highest BCUT2D eigenvalue weighted by molar-refractivity contribution is 5.50. The first-order chi connectivity index (χ1) is 17.3. The van der Waals surface area contributed by atoms with Gasteiger partial charge in [0.15, 0.2) is 0 Å². The van der Waals surface area contributed by atoms with E-state index in [0.29, 0.717) is 12.5 Å². The zero-order valence-electron chi connectivity index (χ0n) is 20.5. The van der Waals surface area contributed by atoms with E-state index in [1.165, 1.54) is 17.7 Å². The Morgan fingerprint density at radius 3 is 2.38 bits per heavy atom. The molecule has 1 aromatic rings. The number of phenols is 1. The standard InChI is InChI=1S/C27H32F6N2O2/c28-26(29,30)25(37,27(31,32)33)14-35-13-17-11-23-6-5-20(35)22(17)24(23)7-8-34(12-15-1-2-15)21(23)9-16-3-4-18(36)10-19(16)24/h3-4,10,15,17,20-22,36-37H,1-2,5-9,11-14H2/t17-,20?,21-,22?,23-,24+/m1/s1. The summed E-state index contributed by atoms with van der Waals surface area (Å²) in [4.78, 5) is 3.94. The SMILES string of the molecule is Oc1ccc2c(c1)[C@]13CCN(CC4CC4)[C@H](C2)[C@]12CCC1C3[C@@H](CN1CC(O)(C(F)(F)F)C(F)(F)F)C2. The van der Waals surface area contributed by atoms with Gasteiger partial charge in [0.25, 0.3) is 5.60 Å². The second kappa shape index (κ2) is 7.36.